The van der Waals surface area contributed by atoms with Gasteiger partial charge >= 0.3 is 17.9 Å². The van der Waals surface area contributed by atoms with Gasteiger partial charge in [-0.2, -0.15) is 0 Å². The molecule has 3 aliphatic rings. The molecule has 1 aromatic carbocycles. The lowest BCUT2D eigenvalue weighted by Gasteiger charge is -2.60. The Balaban J connectivity index is 0.00000441. The average molecular weight is 574 g/mol. The second-order valence-electron chi connectivity index (χ2n) is 12.1. The maximum atomic E-state index is 12.8. The number of fused-ring (bicyclic) bond motifs is 1. The first-order valence-corrected chi connectivity index (χ1v) is 14.1. The molecule has 0 aromatic heterocycles. The van der Waals surface area contributed by atoms with Gasteiger partial charge in [0.2, 0.25) is 0 Å². The standard InChI is InChI=1S/C32H43NO6.ClH/c1-20-12-13-28-31(5,16-14-29(39-23(4)35)32(28,6)19-38-22(3)34)26(20)18-27(25-15-17-37-30(25)36)33-21(2)24-10-8-7-9-11-24;/h7-11,15,21,26-29,33H,1,12-14,16-19H2,2-6H3;1H. The third-order valence-corrected chi connectivity index (χ3v) is 9.56. The van der Waals surface area contributed by atoms with Crippen LogP contribution in [0.5, 0.6) is 0 Å². The van der Waals surface area contributed by atoms with E-state index in [-0.39, 0.29) is 72.4 Å². The summed E-state index contributed by atoms with van der Waals surface area (Å²) in [6, 6.07) is 10.0. The van der Waals surface area contributed by atoms with E-state index in [4.69, 9.17) is 14.2 Å². The number of esters is 3. The number of nitrogens with one attached hydrogen (secondary N) is 1. The first-order chi connectivity index (χ1) is 18.5. The fourth-order valence-electron chi connectivity index (χ4n) is 7.57. The SMILES string of the molecule is C=C1CCC2C(C)(COC(C)=O)C(OC(C)=O)CCC2(C)C1CC(NC(C)c1ccccc1)C1=CCOC1=O.Cl. The van der Waals surface area contributed by atoms with Crippen molar-refractivity contribution < 1.29 is 28.6 Å². The van der Waals surface area contributed by atoms with Crippen LogP contribution in [0.15, 0.2) is 54.1 Å². The van der Waals surface area contributed by atoms with Crippen LogP contribution < -0.4 is 5.32 Å². The van der Waals surface area contributed by atoms with E-state index in [0.717, 1.165) is 24.8 Å². The molecule has 1 N–H and O–H groups in total. The summed E-state index contributed by atoms with van der Waals surface area (Å²) in [6.45, 7) is 14.4. The Labute approximate surface area is 244 Å². The Bertz CT molecular complexity index is 1140. The molecule has 0 amide bonds. The van der Waals surface area contributed by atoms with Crippen molar-refractivity contribution in [3.8, 4) is 0 Å². The molecular formula is C32H44ClNO6. The first kappa shape index (κ1) is 31.9. The minimum absolute atomic E-state index is 0. The van der Waals surface area contributed by atoms with Crippen molar-refractivity contribution in [2.24, 2.45) is 22.7 Å². The van der Waals surface area contributed by atoms with Gasteiger partial charge in [-0.25, -0.2) is 4.79 Å². The van der Waals surface area contributed by atoms with Gasteiger partial charge in [-0.15, -0.1) is 12.4 Å². The third kappa shape index (κ3) is 6.46. The van der Waals surface area contributed by atoms with Crippen molar-refractivity contribution in [2.75, 3.05) is 13.2 Å². The molecule has 0 bridgehead atoms. The van der Waals surface area contributed by atoms with Gasteiger partial charge in [0, 0.05) is 31.3 Å². The zero-order valence-corrected chi connectivity index (χ0v) is 25.2. The molecule has 0 radical (unpaired) electrons. The maximum absolute atomic E-state index is 12.8. The van der Waals surface area contributed by atoms with Crippen molar-refractivity contribution in [2.45, 2.75) is 84.9 Å². The fourth-order valence-corrected chi connectivity index (χ4v) is 7.57. The van der Waals surface area contributed by atoms with E-state index in [1.165, 1.54) is 19.4 Å². The largest absolute Gasteiger partial charge is 0.465 e. The third-order valence-electron chi connectivity index (χ3n) is 9.56. The highest BCUT2D eigenvalue weighted by Crippen LogP contribution is 2.62. The number of rotatable bonds is 9. The Hall–Kier alpha value is -2.64. The fraction of sp³-hybridized carbons (Fsp3) is 0.594. The number of carbonyl (C=O) groups excluding carboxylic acids is 3. The summed E-state index contributed by atoms with van der Waals surface area (Å²) in [5.74, 6) is -0.683. The summed E-state index contributed by atoms with van der Waals surface area (Å²) in [6.07, 6.45) is 5.50. The van der Waals surface area contributed by atoms with Gasteiger partial charge in [-0.3, -0.25) is 9.59 Å². The number of hydrogen-bond donors (Lipinski definition) is 1. The van der Waals surface area contributed by atoms with Crippen LogP contribution in [0.2, 0.25) is 0 Å². The molecule has 1 aromatic rings. The number of cyclic esters (lactones) is 1. The predicted molar refractivity (Wildman–Crippen MR) is 156 cm³/mol. The van der Waals surface area contributed by atoms with E-state index < -0.39 is 5.41 Å². The summed E-state index contributed by atoms with van der Waals surface area (Å²) in [5.41, 5.74) is 2.29. The molecule has 8 heteroatoms. The lowest BCUT2D eigenvalue weighted by molar-refractivity contribution is -0.191. The zero-order chi connectivity index (χ0) is 28.4. The first-order valence-electron chi connectivity index (χ1n) is 14.1. The molecule has 2 saturated carbocycles. The van der Waals surface area contributed by atoms with Gasteiger partial charge in [0.15, 0.2) is 0 Å². The summed E-state index contributed by atoms with van der Waals surface area (Å²) in [5, 5.41) is 3.73. The quantitative estimate of drug-likeness (QED) is 0.224. The van der Waals surface area contributed by atoms with Gasteiger partial charge < -0.3 is 19.5 Å². The molecular weight excluding hydrogens is 530 g/mol. The number of allylic oxidation sites excluding steroid dienone is 1. The zero-order valence-electron chi connectivity index (χ0n) is 24.4. The Morgan fingerprint density at radius 1 is 1.15 bits per heavy atom. The molecule has 2 aliphatic carbocycles. The van der Waals surface area contributed by atoms with Crippen LogP contribution in [-0.4, -0.2) is 43.3 Å². The minimum atomic E-state index is -0.533. The van der Waals surface area contributed by atoms with Crippen LogP contribution in [0.3, 0.4) is 0 Å². The van der Waals surface area contributed by atoms with Crippen molar-refractivity contribution in [1.29, 1.82) is 0 Å². The number of carbonyl (C=O) groups is 3. The van der Waals surface area contributed by atoms with Crippen molar-refractivity contribution in [3.05, 3.63) is 59.7 Å². The number of benzene rings is 1. The highest BCUT2D eigenvalue weighted by atomic mass is 35.5. The molecule has 0 saturated heterocycles. The topological polar surface area (TPSA) is 90.9 Å². The molecule has 0 spiro atoms. The molecule has 2 fully saturated rings. The van der Waals surface area contributed by atoms with Crippen LogP contribution >= 0.6 is 12.4 Å². The highest BCUT2D eigenvalue weighted by molar-refractivity contribution is 5.91. The van der Waals surface area contributed by atoms with E-state index in [1.54, 1.807) is 0 Å². The van der Waals surface area contributed by atoms with Crippen LogP contribution in [0.25, 0.3) is 0 Å². The summed E-state index contributed by atoms with van der Waals surface area (Å²) < 4.78 is 16.8. The van der Waals surface area contributed by atoms with Gasteiger partial charge in [0.05, 0.1) is 5.57 Å². The molecule has 1 heterocycles. The molecule has 4 rings (SSSR count). The Morgan fingerprint density at radius 3 is 2.45 bits per heavy atom. The summed E-state index contributed by atoms with van der Waals surface area (Å²) in [7, 11) is 0. The van der Waals surface area contributed by atoms with Crippen LogP contribution in [0, 0.1) is 22.7 Å². The summed E-state index contributed by atoms with van der Waals surface area (Å²) in [4.78, 5) is 36.7. The molecule has 7 atom stereocenters. The number of halogens is 1. The van der Waals surface area contributed by atoms with Gasteiger partial charge in [0.1, 0.15) is 19.3 Å². The lowest BCUT2D eigenvalue weighted by Crippen LogP contribution is -2.59. The molecule has 7 unspecified atom stereocenters. The molecule has 7 nitrogen and oxygen atoms in total. The normalized spacial score (nSPS) is 31.1. The molecule has 40 heavy (non-hydrogen) atoms. The van der Waals surface area contributed by atoms with Crippen molar-refractivity contribution in [3.63, 3.8) is 0 Å². The van der Waals surface area contributed by atoms with E-state index in [0.29, 0.717) is 25.0 Å². The van der Waals surface area contributed by atoms with Crippen LogP contribution in [0.1, 0.15) is 78.3 Å². The number of hydrogen-bond acceptors (Lipinski definition) is 7. The summed E-state index contributed by atoms with van der Waals surface area (Å²) >= 11 is 0. The smallest absolute Gasteiger partial charge is 0.335 e. The van der Waals surface area contributed by atoms with Gasteiger partial charge in [0.25, 0.3) is 0 Å². The Morgan fingerprint density at radius 2 is 1.85 bits per heavy atom. The monoisotopic (exact) mass is 573 g/mol. The van der Waals surface area contributed by atoms with Gasteiger partial charge in [-0.1, -0.05) is 56.3 Å². The van der Waals surface area contributed by atoms with Crippen molar-refractivity contribution in [1.82, 2.24) is 5.32 Å². The molecule has 1 aliphatic heterocycles. The highest BCUT2D eigenvalue weighted by Gasteiger charge is 2.60. The van der Waals surface area contributed by atoms with Crippen LogP contribution in [0.4, 0.5) is 0 Å². The molecule has 220 valence electrons. The lowest BCUT2D eigenvalue weighted by atomic mass is 9.46. The van der Waals surface area contributed by atoms with E-state index >= 15 is 0 Å². The van der Waals surface area contributed by atoms with E-state index in [1.807, 2.05) is 24.3 Å². The second kappa shape index (κ2) is 12.9. The van der Waals surface area contributed by atoms with E-state index in [2.05, 4.69) is 44.8 Å². The Kier molecular flexibility index (Phi) is 10.3. The average Bonchev–Trinajstić information content (AvgIpc) is 3.32. The predicted octanol–water partition coefficient (Wildman–Crippen LogP) is 5.88. The van der Waals surface area contributed by atoms with Crippen LogP contribution in [-0.2, 0) is 28.6 Å². The van der Waals surface area contributed by atoms with E-state index in [9.17, 15) is 14.4 Å². The van der Waals surface area contributed by atoms with Crippen molar-refractivity contribution >= 4 is 30.3 Å². The number of ether oxygens (including phenoxy) is 3. The second-order valence-corrected chi connectivity index (χ2v) is 12.1. The van der Waals surface area contributed by atoms with Gasteiger partial charge in [-0.05, 0) is 67.9 Å². The maximum Gasteiger partial charge on any atom is 0.335 e. The minimum Gasteiger partial charge on any atom is -0.465 e.